The first-order valence-electron chi connectivity index (χ1n) is 7.09. The Kier molecular flexibility index (Phi) is 6.26. The van der Waals surface area contributed by atoms with Crippen LogP contribution >= 0.6 is 0 Å². The van der Waals surface area contributed by atoms with Crippen molar-refractivity contribution in [3.05, 3.63) is 0 Å². The van der Waals surface area contributed by atoms with E-state index in [9.17, 15) is 13.2 Å². The average molecular weight is 290 g/mol. The zero-order valence-corrected chi connectivity index (χ0v) is 13.0. The van der Waals surface area contributed by atoms with Gasteiger partial charge < -0.3 is 4.90 Å². The summed E-state index contributed by atoms with van der Waals surface area (Å²) < 4.78 is 24.7. The van der Waals surface area contributed by atoms with Crippen LogP contribution in [0.15, 0.2) is 0 Å². The minimum absolute atomic E-state index is 0.109. The summed E-state index contributed by atoms with van der Waals surface area (Å²) in [6.07, 6.45) is 6.71. The standard InChI is InChI=1S/C13H26N2O3S/c1-4-6-12-7-5-9-15(10-8-12)13(16)11(2)14-19(3,17)18/h11-12,14H,4-10H2,1-3H3. The van der Waals surface area contributed by atoms with E-state index in [-0.39, 0.29) is 5.91 Å². The van der Waals surface area contributed by atoms with Gasteiger partial charge >= 0.3 is 0 Å². The number of carbonyl (C=O) groups excluding carboxylic acids is 1. The van der Waals surface area contributed by atoms with Crippen LogP contribution in [0.5, 0.6) is 0 Å². The van der Waals surface area contributed by atoms with Crippen molar-refractivity contribution >= 4 is 15.9 Å². The Morgan fingerprint density at radius 3 is 2.63 bits per heavy atom. The lowest BCUT2D eigenvalue weighted by molar-refractivity contribution is -0.132. The fourth-order valence-corrected chi connectivity index (χ4v) is 3.47. The molecule has 0 bridgehead atoms. The van der Waals surface area contributed by atoms with Crippen LogP contribution in [0.1, 0.15) is 46.0 Å². The number of rotatable bonds is 5. The van der Waals surface area contributed by atoms with Crippen LogP contribution in [0.4, 0.5) is 0 Å². The van der Waals surface area contributed by atoms with E-state index in [4.69, 9.17) is 0 Å². The Labute approximate surface area is 116 Å². The Bertz CT molecular complexity index is 395. The molecule has 0 aromatic heterocycles. The highest BCUT2D eigenvalue weighted by Gasteiger charge is 2.25. The number of nitrogens with zero attached hydrogens (tertiary/aromatic N) is 1. The lowest BCUT2D eigenvalue weighted by Gasteiger charge is -2.24. The maximum absolute atomic E-state index is 12.2. The van der Waals surface area contributed by atoms with Crippen LogP contribution in [-0.4, -0.2) is 44.6 Å². The van der Waals surface area contributed by atoms with Crippen molar-refractivity contribution in [1.82, 2.24) is 9.62 Å². The van der Waals surface area contributed by atoms with Crippen molar-refractivity contribution in [2.45, 2.75) is 52.0 Å². The molecule has 1 heterocycles. The molecule has 1 saturated heterocycles. The van der Waals surface area contributed by atoms with E-state index in [0.717, 1.165) is 32.2 Å². The fourth-order valence-electron chi connectivity index (χ4n) is 2.73. The van der Waals surface area contributed by atoms with E-state index < -0.39 is 16.1 Å². The van der Waals surface area contributed by atoms with Crippen LogP contribution in [0, 0.1) is 5.92 Å². The van der Waals surface area contributed by atoms with Crippen LogP contribution in [0.3, 0.4) is 0 Å². The maximum atomic E-state index is 12.2. The van der Waals surface area contributed by atoms with Crippen molar-refractivity contribution in [3.8, 4) is 0 Å². The predicted molar refractivity (Wildman–Crippen MR) is 76.3 cm³/mol. The number of amides is 1. The summed E-state index contributed by atoms with van der Waals surface area (Å²) in [6, 6.07) is -0.669. The minimum atomic E-state index is -3.33. The first-order chi connectivity index (χ1) is 8.83. The van der Waals surface area contributed by atoms with Gasteiger partial charge in [-0.3, -0.25) is 4.79 Å². The number of nitrogens with one attached hydrogen (secondary N) is 1. The van der Waals surface area contributed by atoms with Crippen molar-refractivity contribution in [3.63, 3.8) is 0 Å². The van der Waals surface area contributed by atoms with Crippen LogP contribution in [0.25, 0.3) is 0 Å². The maximum Gasteiger partial charge on any atom is 0.240 e. The monoisotopic (exact) mass is 290 g/mol. The molecule has 0 radical (unpaired) electrons. The number of sulfonamides is 1. The molecule has 6 heteroatoms. The molecule has 5 nitrogen and oxygen atoms in total. The first kappa shape index (κ1) is 16.4. The second-order valence-electron chi connectivity index (χ2n) is 5.52. The molecule has 0 spiro atoms. The number of likely N-dealkylation sites (tertiary alicyclic amines) is 1. The SMILES string of the molecule is CCCC1CCCN(C(=O)C(C)NS(C)(=O)=O)CC1. The molecule has 0 aromatic rings. The first-order valence-corrected chi connectivity index (χ1v) is 8.98. The molecule has 1 fully saturated rings. The average Bonchev–Trinajstić information content (AvgIpc) is 2.52. The molecule has 1 rings (SSSR count). The largest absolute Gasteiger partial charge is 0.341 e. The molecular weight excluding hydrogens is 264 g/mol. The molecule has 2 unspecified atom stereocenters. The highest BCUT2D eigenvalue weighted by atomic mass is 32.2. The van der Waals surface area contributed by atoms with Crippen molar-refractivity contribution in [2.75, 3.05) is 19.3 Å². The van der Waals surface area contributed by atoms with Gasteiger partial charge in [-0.1, -0.05) is 19.8 Å². The lowest BCUT2D eigenvalue weighted by Crippen LogP contribution is -2.46. The Balaban J connectivity index is 2.53. The van der Waals surface area contributed by atoms with E-state index in [1.165, 1.54) is 19.3 Å². The molecule has 2 atom stereocenters. The smallest absolute Gasteiger partial charge is 0.240 e. The Morgan fingerprint density at radius 1 is 1.37 bits per heavy atom. The van der Waals surface area contributed by atoms with Crippen molar-refractivity contribution in [2.24, 2.45) is 5.92 Å². The number of carbonyl (C=O) groups is 1. The van der Waals surface area contributed by atoms with Gasteiger partial charge in [0.1, 0.15) is 0 Å². The zero-order valence-electron chi connectivity index (χ0n) is 12.2. The van der Waals surface area contributed by atoms with E-state index in [1.807, 2.05) is 0 Å². The Hall–Kier alpha value is -0.620. The quantitative estimate of drug-likeness (QED) is 0.831. The van der Waals surface area contributed by atoms with Gasteiger partial charge in [0.15, 0.2) is 0 Å². The van der Waals surface area contributed by atoms with Crippen LogP contribution < -0.4 is 4.72 Å². The molecule has 0 aliphatic carbocycles. The van der Waals surface area contributed by atoms with Crippen molar-refractivity contribution < 1.29 is 13.2 Å². The van der Waals surface area contributed by atoms with E-state index >= 15 is 0 Å². The third kappa shape index (κ3) is 5.91. The Morgan fingerprint density at radius 2 is 2.05 bits per heavy atom. The van der Waals surface area contributed by atoms with Gasteiger partial charge in [0.25, 0.3) is 0 Å². The summed E-state index contributed by atoms with van der Waals surface area (Å²) in [5.41, 5.74) is 0. The van der Waals surface area contributed by atoms with Gasteiger partial charge in [0.05, 0.1) is 12.3 Å². The molecule has 1 aliphatic rings. The third-order valence-corrected chi connectivity index (χ3v) is 4.40. The molecule has 0 saturated carbocycles. The number of hydrogen-bond donors (Lipinski definition) is 1. The molecule has 0 aromatic carbocycles. The van der Waals surface area contributed by atoms with Gasteiger partial charge in [0, 0.05) is 13.1 Å². The zero-order chi connectivity index (χ0) is 14.5. The number of hydrogen-bond acceptors (Lipinski definition) is 3. The van der Waals surface area contributed by atoms with Crippen LogP contribution in [-0.2, 0) is 14.8 Å². The molecule has 1 N–H and O–H groups in total. The highest BCUT2D eigenvalue weighted by Crippen LogP contribution is 2.22. The fraction of sp³-hybridized carbons (Fsp3) is 0.923. The van der Waals surface area contributed by atoms with Gasteiger partial charge in [-0.2, -0.15) is 0 Å². The summed E-state index contributed by atoms with van der Waals surface area (Å²) in [7, 11) is -3.33. The normalized spacial score (nSPS) is 22.9. The molecular formula is C13H26N2O3S. The summed E-state index contributed by atoms with van der Waals surface area (Å²) in [5, 5.41) is 0. The van der Waals surface area contributed by atoms with Crippen LogP contribution in [0.2, 0.25) is 0 Å². The molecule has 1 aliphatic heterocycles. The molecule has 1 amide bonds. The van der Waals surface area contributed by atoms with E-state index in [2.05, 4.69) is 11.6 Å². The van der Waals surface area contributed by atoms with E-state index in [0.29, 0.717) is 5.92 Å². The lowest BCUT2D eigenvalue weighted by atomic mass is 9.96. The second kappa shape index (κ2) is 7.24. The van der Waals surface area contributed by atoms with E-state index in [1.54, 1.807) is 11.8 Å². The summed E-state index contributed by atoms with van der Waals surface area (Å²) in [5.74, 6) is 0.601. The highest BCUT2D eigenvalue weighted by molar-refractivity contribution is 7.88. The van der Waals surface area contributed by atoms with Gasteiger partial charge in [0.2, 0.25) is 15.9 Å². The minimum Gasteiger partial charge on any atom is -0.341 e. The summed E-state index contributed by atoms with van der Waals surface area (Å²) in [4.78, 5) is 14.0. The molecule has 112 valence electrons. The summed E-state index contributed by atoms with van der Waals surface area (Å²) >= 11 is 0. The topological polar surface area (TPSA) is 66.5 Å². The van der Waals surface area contributed by atoms with Gasteiger partial charge in [-0.05, 0) is 32.1 Å². The second-order valence-corrected chi connectivity index (χ2v) is 7.30. The van der Waals surface area contributed by atoms with Gasteiger partial charge in [-0.15, -0.1) is 0 Å². The molecule has 19 heavy (non-hydrogen) atoms. The third-order valence-electron chi connectivity index (χ3n) is 3.62. The summed E-state index contributed by atoms with van der Waals surface area (Å²) in [6.45, 7) is 5.29. The van der Waals surface area contributed by atoms with Gasteiger partial charge in [-0.25, -0.2) is 13.1 Å². The predicted octanol–water partition coefficient (Wildman–Crippen LogP) is 1.35. The van der Waals surface area contributed by atoms with Crippen molar-refractivity contribution in [1.29, 1.82) is 0 Å².